The minimum Gasteiger partial charge on any atom is -0.496 e. The molecule has 0 aliphatic carbocycles. The summed E-state index contributed by atoms with van der Waals surface area (Å²) in [6, 6.07) is 6.13. The van der Waals surface area contributed by atoms with Crippen molar-refractivity contribution in [3.63, 3.8) is 0 Å². The molecule has 5 heteroatoms. The lowest BCUT2D eigenvalue weighted by molar-refractivity contribution is -0.0158. The molecule has 1 aromatic rings. The average Bonchev–Trinajstić information content (AvgIpc) is 2.39. The highest BCUT2D eigenvalue weighted by Gasteiger charge is 2.16. The van der Waals surface area contributed by atoms with E-state index in [0.717, 1.165) is 42.2 Å². The Morgan fingerprint density at radius 1 is 1.53 bits per heavy atom. The Labute approximate surface area is 127 Å². The number of methoxy groups -OCH3 is 1. The van der Waals surface area contributed by atoms with Gasteiger partial charge in [0, 0.05) is 29.9 Å². The summed E-state index contributed by atoms with van der Waals surface area (Å²) >= 11 is 5.35. The second kappa shape index (κ2) is 7.53. The second-order valence-corrected chi connectivity index (χ2v) is 6.68. The number of hydrogen-bond donors (Lipinski definition) is 0. The van der Waals surface area contributed by atoms with Crippen LogP contribution < -0.4 is 4.74 Å². The lowest BCUT2D eigenvalue weighted by atomic mass is 10.3. The van der Waals surface area contributed by atoms with E-state index in [1.54, 1.807) is 7.11 Å². The van der Waals surface area contributed by atoms with Crippen molar-refractivity contribution in [2.24, 2.45) is 0 Å². The first kappa shape index (κ1) is 15.2. The summed E-state index contributed by atoms with van der Waals surface area (Å²) < 4.78 is 12.0. The van der Waals surface area contributed by atoms with E-state index in [-0.39, 0.29) is 0 Å². The molecular weight excluding hydrogens is 326 g/mol. The molecule has 106 valence electrons. The van der Waals surface area contributed by atoms with E-state index in [4.69, 9.17) is 9.47 Å². The van der Waals surface area contributed by atoms with Crippen LogP contribution in [0.5, 0.6) is 5.75 Å². The number of ether oxygens (including phenoxy) is 2. The smallest absolute Gasteiger partial charge is 0.132 e. The van der Waals surface area contributed by atoms with Crippen LogP contribution in [0, 0.1) is 0 Å². The molecule has 1 aliphatic heterocycles. The third-order valence-electron chi connectivity index (χ3n) is 3.12. The maximum Gasteiger partial charge on any atom is 0.132 e. The predicted molar refractivity (Wildman–Crippen MR) is 83.3 cm³/mol. The highest BCUT2D eigenvalue weighted by atomic mass is 79.9. The number of halogens is 1. The zero-order chi connectivity index (χ0) is 13.7. The highest BCUT2D eigenvalue weighted by molar-refractivity contribution is 9.10. The molecule has 0 saturated carbocycles. The number of nitrogens with zero attached hydrogens (tertiary/aromatic N) is 1. The molecule has 1 saturated heterocycles. The maximum atomic E-state index is 5.55. The summed E-state index contributed by atoms with van der Waals surface area (Å²) in [5, 5.41) is 0. The monoisotopic (exact) mass is 345 g/mol. The molecule has 0 unspecified atom stereocenters. The first-order valence-corrected chi connectivity index (χ1v) is 8.27. The summed E-state index contributed by atoms with van der Waals surface area (Å²) in [7, 11) is 1.72. The van der Waals surface area contributed by atoms with Crippen molar-refractivity contribution >= 4 is 27.7 Å². The molecule has 1 heterocycles. The quantitative estimate of drug-likeness (QED) is 0.763. The molecule has 3 nitrogen and oxygen atoms in total. The number of morpholine rings is 1. The van der Waals surface area contributed by atoms with Crippen LogP contribution in [-0.2, 0) is 4.74 Å². The van der Waals surface area contributed by atoms with Crippen LogP contribution in [0.25, 0.3) is 0 Å². The second-order valence-electron chi connectivity index (χ2n) is 4.63. The van der Waals surface area contributed by atoms with Crippen LogP contribution >= 0.6 is 27.7 Å². The molecule has 1 aromatic carbocycles. The molecule has 0 aromatic heterocycles. The average molecular weight is 346 g/mol. The Kier molecular flexibility index (Phi) is 6.01. The molecule has 1 aliphatic rings. The Bertz CT molecular complexity index is 416. The molecule has 2 rings (SSSR count). The molecule has 0 bridgehead atoms. The number of benzene rings is 1. The SMILES string of the molecule is COc1ccc(Br)cc1SCCN1CCO[C@H](C)C1. The summed E-state index contributed by atoms with van der Waals surface area (Å²) in [6.07, 6.45) is 0.360. The van der Waals surface area contributed by atoms with Gasteiger partial charge in [0.05, 0.1) is 24.7 Å². The summed E-state index contributed by atoms with van der Waals surface area (Å²) in [6.45, 7) is 6.16. The third-order valence-corrected chi connectivity index (χ3v) is 4.63. The molecule has 0 amide bonds. The molecule has 0 spiro atoms. The van der Waals surface area contributed by atoms with Gasteiger partial charge >= 0.3 is 0 Å². The van der Waals surface area contributed by atoms with Gasteiger partial charge in [0.2, 0.25) is 0 Å². The summed E-state index contributed by atoms with van der Waals surface area (Å²) in [5.41, 5.74) is 0. The first-order chi connectivity index (χ1) is 9.19. The van der Waals surface area contributed by atoms with Crippen molar-refractivity contribution in [3.8, 4) is 5.75 Å². The van der Waals surface area contributed by atoms with Crippen LogP contribution in [-0.4, -0.2) is 50.1 Å². The minimum absolute atomic E-state index is 0.360. The Balaban J connectivity index is 1.83. The van der Waals surface area contributed by atoms with Gasteiger partial charge in [-0.2, -0.15) is 0 Å². The minimum atomic E-state index is 0.360. The number of thioether (sulfide) groups is 1. The van der Waals surface area contributed by atoms with Gasteiger partial charge in [-0.3, -0.25) is 4.90 Å². The van der Waals surface area contributed by atoms with Gasteiger partial charge in [-0.05, 0) is 25.1 Å². The zero-order valence-corrected chi connectivity index (χ0v) is 13.8. The Morgan fingerprint density at radius 2 is 2.37 bits per heavy atom. The van der Waals surface area contributed by atoms with Gasteiger partial charge in [0.1, 0.15) is 5.75 Å². The Morgan fingerprint density at radius 3 is 3.11 bits per heavy atom. The molecular formula is C14H20BrNO2S. The van der Waals surface area contributed by atoms with E-state index in [1.165, 1.54) is 4.90 Å². The fraction of sp³-hybridized carbons (Fsp3) is 0.571. The molecule has 1 atom stereocenters. The van der Waals surface area contributed by atoms with Crippen LogP contribution in [0.4, 0.5) is 0 Å². The summed E-state index contributed by atoms with van der Waals surface area (Å²) in [5.74, 6) is 2.02. The highest BCUT2D eigenvalue weighted by Crippen LogP contribution is 2.31. The molecule has 19 heavy (non-hydrogen) atoms. The number of hydrogen-bond acceptors (Lipinski definition) is 4. The van der Waals surface area contributed by atoms with Crippen molar-refractivity contribution < 1.29 is 9.47 Å². The van der Waals surface area contributed by atoms with Gasteiger partial charge in [-0.15, -0.1) is 11.8 Å². The van der Waals surface area contributed by atoms with Crippen LogP contribution in [0.1, 0.15) is 6.92 Å². The first-order valence-electron chi connectivity index (χ1n) is 6.49. The van der Waals surface area contributed by atoms with E-state index < -0.39 is 0 Å². The largest absolute Gasteiger partial charge is 0.496 e. The lowest BCUT2D eigenvalue weighted by Gasteiger charge is -2.30. The van der Waals surface area contributed by atoms with Crippen LogP contribution in [0.3, 0.4) is 0 Å². The van der Waals surface area contributed by atoms with Gasteiger partial charge in [-0.1, -0.05) is 15.9 Å². The van der Waals surface area contributed by atoms with E-state index in [0.29, 0.717) is 6.10 Å². The van der Waals surface area contributed by atoms with Crippen LogP contribution in [0.15, 0.2) is 27.6 Å². The van der Waals surface area contributed by atoms with E-state index in [1.807, 2.05) is 23.9 Å². The van der Waals surface area contributed by atoms with Gasteiger partial charge in [0.15, 0.2) is 0 Å². The van der Waals surface area contributed by atoms with Crippen molar-refractivity contribution in [2.75, 3.05) is 39.1 Å². The fourth-order valence-corrected chi connectivity index (χ4v) is 3.73. The van der Waals surface area contributed by atoms with E-state index in [9.17, 15) is 0 Å². The van der Waals surface area contributed by atoms with Crippen molar-refractivity contribution in [1.29, 1.82) is 0 Å². The molecule has 0 N–H and O–H groups in total. The molecule has 1 fully saturated rings. The Hall–Kier alpha value is -0.230. The van der Waals surface area contributed by atoms with Crippen molar-refractivity contribution in [3.05, 3.63) is 22.7 Å². The van der Waals surface area contributed by atoms with Crippen molar-refractivity contribution in [2.45, 2.75) is 17.9 Å². The lowest BCUT2D eigenvalue weighted by Crippen LogP contribution is -2.42. The molecule has 0 radical (unpaired) electrons. The van der Waals surface area contributed by atoms with Gasteiger partial charge < -0.3 is 9.47 Å². The third kappa shape index (κ3) is 4.67. The van der Waals surface area contributed by atoms with Crippen LogP contribution in [0.2, 0.25) is 0 Å². The summed E-state index contributed by atoms with van der Waals surface area (Å²) in [4.78, 5) is 3.66. The normalized spacial score (nSPS) is 20.5. The maximum absolute atomic E-state index is 5.55. The zero-order valence-electron chi connectivity index (χ0n) is 11.4. The van der Waals surface area contributed by atoms with Gasteiger partial charge in [-0.25, -0.2) is 0 Å². The fourth-order valence-electron chi connectivity index (χ4n) is 2.14. The van der Waals surface area contributed by atoms with E-state index in [2.05, 4.69) is 33.8 Å². The van der Waals surface area contributed by atoms with E-state index >= 15 is 0 Å². The van der Waals surface area contributed by atoms with Crippen molar-refractivity contribution in [1.82, 2.24) is 4.90 Å². The number of rotatable bonds is 5. The standard InChI is InChI=1S/C14H20BrNO2S/c1-11-10-16(5-7-18-11)6-8-19-14-9-12(15)3-4-13(14)17-2/h3-4,9,11H,5-8,10H2,1-2H3/t11-/m1/s1. The predicted octanol–water partition coefficient (Wildman–Crippen LogP) is 3.27. The van der Waals surface area contributed by atoms with Gasteiger partial charge in [0.25, 0.3) is 0 Å². The topological polar surface area (TPSA) is 21.7 Å².